The molecule has 0 aromatic heterocycles. The Morgan fingerprint density at radius 3 is 2.32 bits per heavy atom. The maximum absolute atomic E-state index is 12.9. The average molecular weight is 371 g/mol. The van der Waals surface area contributed by atoms with E-state index in [0.717, 1.165) is 10.8 Å². The first kappa shape index (κ1) is 17.7. The molecule has 0 bridgehead atoms. The van der Waals surface area contributed by atoms with Gasteiger partial charge < -0.3 is 10.5 Å². The minimum Gasteiger partial charge on any atom is -0.462 e. The maximum Gasteiger partial charge on any atom is 0.342 e. The quantitative estimate of drug-likeness (QED) is 0.329. The predicted molar refractivity (Wildman–Crippen MR) is 107 cm³/mol. The van der Waals surface area contributed by atoms with Gasteiger partial charge in [-0.25, -0.2) is 4.79 Å². The van der Waals surface area contributed by atoms with Crippen LogP contribution in [0.5, 0.6) is 0 Å². The molecule has 2 N–H and O–H groups in total. The third-order valence-electron chi connectivity index (χ3n) is 4.82. The van der Waals surface area contributed by atoms with Gasteiger partial charge in [0.05, 0.1) is 6.61 Å². The lowest BCUT2D eigenvalue weighted by molar-refractivity contribution is -0.139. The number of nitrogens with two attached hydrogens (primary N) is 1. The normalized spacial score (nSPS) is 13.6. The van der Waals surface area contributed by atoms with Crippen LogP contribution in [0.25, 0.3) is 16.3 Å². The Kier molecular flexibility index (Phi) is 4.28. The van der Waals surface area contributed by atoms with Crippen molar-refractivity contribution >= 4 is 39.6 Å². The number of anilines is 1. The number of carbonyl (C=O) groups is 3. The highest BCUT2D eigenvalue weighted by molar-refractivity contribution is 6.58. The van der Waals surface area contributed by atoms with Crippen molar-refractivity contribution in [2.75, 3.05) is 12.3 Å². The van der Waals surface area contributed by atoms with Crippen molar-refractivity contribution in [3.8, 4) is 0 Å². The summed E-state index contributed by atoms with van der Waals surface area (Å²) in [6.45, 7) is 1.73. The van der Waals surface area contributed by atoms with Crippen molar-refractivity contribution in [1.82, 2.24) is 0 Å². The van der Waals surface area contributed by atoms with Gasteiger partial charge in [0.2, 0.25) is 11.6 Å². The van der Waals surface area contributed by atoms with Crippen LogP contribution in [-0.2, 0) is 14.3 Å². The smallest absolute Gasteiger partial charge is 0.342 e. The van der Waals surface area contributed by atoms with E-state index in [9.17, 15) is 14.4 Å². The molecule has 3 aromatic carbocycles. The van der Waals surface area contributed by atoms with Crippen molar-refractivity contribution < 1.29 is 19.1 Å². The van der Waals surface area contributed by atoms with Crippen LogP contribution in [0.3, 0.4) is 0 Å². The minimum atomic E-state index is -0.875. The fourth-order valence-corrected chi connectivity index (χ4v) is 3.61. The molecule has 0 amide bonds. The minimum absolute atomic E-state index is 0.0871. The van der Waals surface area contributed by atoms with E-state index in [0.29, 0.717) is 22.4 Å². The molecule has 0 aliphatic heterocycles. The molecular formula is C23H17NO4. The third kappa shape index (κ3) is 2.60. The molecule has 5 nitrogen and oxygen atoms in total. The van der Waals surface area contributed by atoms with E-state index in [1.165, 1.54) is 0 Å². The summed E-state index contributed by atoms with van der Waals surface area (Å²) in [4.78, 5) is 38.2. The van der Waals surface area contributed by atoms with Gasteiger partial charge in [-0.05, 0) is 29.3 Å². The summed E-state index contributed by atoms with van der Waals surface area (Å²) >= 11 is 0. The van der Waals surface area contributed by atoms with Crippen LogP contribution in [-0.4, -0.2) is 24.1 Å². The molecule has 0 spiro atoms. The Balaban J connectivity index is 2.17. The Morgan fingerprint density at radius 2 is 1.57 bits per heavy atom. The Morgan fingerprint density at radius 1 is 0.893 bits per heavy atom. The second-order valence-corrected chi connectivity index (χ2v) is 6.43. The first-order valence-electron chi connectivity index (χ1n) is 8.92. The lowest BCUT2D eigenvalue weighted by Gasteiger charge is -2.23. The van der Waals surface area contributed by atoms with Crippen LogP contribution in [0.4, 0.5) is 5.69 Å². The standard InChI is InChI=1S/C23H17NO4/c1-2-28-23(27)20-19(15-9-5-6-10-16(15)21(25)22(20)26)18-14-8-4-3-7-13(14)11-12-17(18)24/h3-12H,2,24H2,1H3. The van der Waals surface area contributed by atoms with E-state index in [1.54, 1.807) is 37.3 Å². The Hall–Kier alpha value is -3.73. The van der Waals surface area contributed by atoms with Gasteiger partial charge in [0.1, 0.15) is 5.57 Å². The largest absolute Gasteiger partial charge is 0.462 e. The van der Waals surface area contributed by atoms with Crippen LogP contribution in [0.1, 0.15) is 28.4 Å². The molecule has 0 unspecified atom stereocenters. The molecule has 1 aliphatic carbocycles. The van der Waals surface area contributed by atoms with Crippen LogP contribution in [0.2, 0.25) is 0 Å². The first-order valence-corrected chi connectivity index (χ1v) is 8.92. The van der Waals surface area contributed by atoms with Crippen LogP contribution in [0.15, 0.2) is 66.2 Å². The molecule has 0 radical (unpaired) electrons. The van der Waals surface area contributed by atoms with E-state index < -0.39 is 17.5 Å². The van der Waals surface area contributed by atoms with Gasteiger partial charge in [0.15, 0.2) is 0 Å². The third-order valence-corrected chi connectivity index (χ3v) is 4.82. The Bertz CT molecular complexity index is 1190. The molecule has 3 aromatic rings. The molecule has 4 rings (SSSR count). The van der Waals surface area contributed by atoms with Crippen molar-refractivity contribution in [3.63, 3.8) is 0 Å². The van der Waals surface area contributed by atoms with Gasteiger partial charge in [-0.3, -0.25) is 9.59 Å². The van der Waals surface area contributed by atoms with E-state index in [2.05, 4.69) is 0 Å². The number of Topliss-reactive ketones (excluding diaryl/α,β-unsaturated/α-hetero) is 2. The van der Waals surface area contributed by atoms with E-state index >= 15 is 0 Å². The zero-order valence-corrected chi connectivity index (χ0v) is 15.2. The summed E-state index contributed by atoms with van der Waals surface area (Å²) in [5, 5.41) is 1.69. The molecule has 0 heterocycles. The fourth-order valence-electron chi connectivity index (χ4n) is 3.61. The summed E-state index contributed by atoms with van der Waals surface area (Å²) in [6, 6.07) is 17.9. The van der Waals surface area contributed by atoms with Gasteiger partial charge in [-0.2, -0.15) is 0 Å². The van der Waals surface area contributed by atoms with Gasteiger partial charge in [0, 0.05) is 22.4 Å². The number of rotatable bonds is 3. The molecule has 0 atom stereocenters. The molecule has 1 aliphatic rings. The molecule has 5 heteroatoms. The number of esters is 1. The first-order chi connectivity index (χ1) is 13.5. The number of benzene rings is 3. The molecule has 138 valence electrons. The zero-order chi connectivity index (χ0) is 19.8. The van der Waals surface area contributed by atoms with Crippen molar-refractivity contribution in [2.45, 2.75) is 6.92 Å². The maximum atomic E-state index is 12.9. The predicted octanol–water partition coefficient (Wildman–Crippen LogP) is 3.55. The SMILES string of the molecule is CCOC(=O)C1=C(c2c(N)ccc3ccccc23)c2ccccc2C(=O)C1=O. The van der Waals surface area contributed by atoms with E-state index in [1.807, 2.05) is 30.3 Å². The van der Waals surface area contributed by atoms with Crippen LogP contribution >= 0.6 is 0 Å². The number of hydrogen-bond donors (Lipinski definition) is 1. The topological polar surface area (TPSA) is 86.5 Å². The lowest BCUT2D eigenvalue weighted by Crippen LogP contribution is -2.29. The second-order valence-electron chi connectivity index (χ2n) is 6.43. The number of hydrogen-bond acceptors (Lipinski definition) is 5. The van der Waals surface area contributed by atoms with E-state index in [-0.39, 0.29) is 17.7 Å². The number of nitrogen functional groups attached to an aromatic ring is 1. The highest BCUT2D eigenvalue weighted by Crippen LogP contribution is 2.40. The van der Waals surface area contributed by atoms with Crippen molar-refractivity contribution in [2.24, 2.45) is 0 Å². The molecule has 0 fully saturated rings. The summed E-state index contributed by atoms with van der Waals surface area (Å²) in [6.07, 6.45) is 0. The fraction of sp³-hybridized carbons (Fsp3) is 0.0870. The highest BCUT2D eigenvalue weighted by Gasteiger charge is 2.38. The van der Waals surface area contributed by atoms with Crippen molar-refractivity contribution in [3.05, 3.63) is 82.9 Å². The van der Waals surface area contributed by atoms with Gasteiger partial charge in [-0.15, -0.1) is 0 Å². The zero-order valence-electron chi connectivity index (χ0n) is 15.2. The summed E-state index contributed by atoms with van der Waals surface area (Å²) in [7, 11) is 0. The number of ketones is 2. The highest BCUT2D eigenvalue weighted by atomic mass is 16.5. The second kappa shape index (κ2) is 6.78. The summed E-state index contributed by atoms with van der Waals surface area (Å²) < 4.78 is 5.11. The average Bonchev–Trinajstić information content (AvgIpc) is 2.71. The number of ether oxygens (including phenoxy) is 1. The summed E-state index contributed by atoms with van der Waals surface area (Å²) in [5.74, 6) is -2.42. The Labute approximate surface area is 161 Å². The molecule has 0 saturated heterocycles. The summed E-state index contributed by atoms with van der Waals surface area (Å²) in [5.41, 5.74) is 8.09. The van der Waals surface area contributed by atoms with Gasteiger partial charge in [0.25, 0.3) is 0 Å². The van der Waals surface area contributed by atoms with Gasteiger partial charge >= 0.3 is 5.97 Å². The van der Waals surface area contributed by atoms with E-state index in [4.69, 9.17) is 10.5 Å². The molecule has 0 saturated carbocycles. The van der Waals surface area contributed by atoms with Crippen LogP contribution in [0, 0.1) is 0 Å². The van der Waals surface area contributed by atoms with Crippen LogP contribution < -0.4 is 5.73 Å². The van der Waals surface area contributed by atoms with Crippen molar-refractivity contribution in [1.29, 1.82) is 0 Å². The lowest BCUT2D eigenvalue weighted by atomic mass is 9.79. The molecule has 28 heavy (non-hydrogen) atoms. The monoisotopic (exact) mass is 371 g/mol. The molecular weight excluding hydrogens is 354 g/mol. The van der Waals surface area contributed by atoms with Gasteiger partial charge in [-0.1, -0.05) is 54.6 Å². The number of carbonyl (C=O) groups excluding carboxylic acids is 3. The number of fused-ring (bicyclic) bond motifs is 2.